The first-order valence-corrected chi connectivity index (χ1v) is 8.85. The Morgan fingerprint density at radius 3 is 2.57 bits per heavy atom. The second-order valence-electron chi connectivity index (χ2n) is 5.48. The Hall–Kier alpha value is -1.89. The molecule has 0 bridgehead atoms. The fourth-order valence-corrected chi connectivity index (χ4v) is 2.88. The maximum absolute atomic E-state index is 12.1. The Balaban J connectivity index is 1.76. The van der Waals surface area contributed by atoms with Gasteiger partial charge in [-0.05, 0) is 18.4 Å². The second kappa shape index (κ2) is 8.67. The number of hydrogen-bond donors (Lipinski definition) is 1. The van der Waals surface area contributed by atoms with E-state index < -0.39 is 0 Å². The summed E-state index contributed by atoms with van der Waals surface area (Å²) in [5, 5.41) is 0. The van der Waals surface area contributed by atoms with E-state index in [4.69, 9.17) is 4.74 Å². The summed E-state index contributed by atoms with van der Waals surface area (Å²) in [6.45, 7) is 1.57. The summed E-state index contributed by atoms with van der Waals surface area (Å²) in [4.78, 5) is 27.3. The SMILES string of the molecule is CSNC(=O)N1CCC(N(C)C(=O)OCc2ccccc2)CC1. The quantitative estimate of drug-likeness (QED) is 0.858. The topological polar surface area (TPSA) is 61.9 Å². The molecule has 126 valence electrons. The maximum Gasteiger partial charge on any atom is 0.410 e. The molecule has 0 radical (unpaired) electrons. The van der Waals surface area contributed by atoms with Gasteiger partial charge in [0.25, 0.3) is 0 Å². The van der Waals surface area contributed by atoms with Crippen molar-refractivity contribution >= 4 is 24.1 Å². The molecule has 0 saturated carbocycles. The Bertz CT molecular complexity index is 519. The van der Waals surface area contributed by atoms with Gasteiger partial charge in [0.2, 0.25) is 0 Å². The molecule has 1 aliphatic rings. The number of ether oxygens (including phenoxy) is 1. The van der Waals surface area contributed by atoms with Crippen LogP contribution in [-0.4, -0.2) is 54.4 Å². The summed E-state index contributed by atoms with van der Waals surface area (Å²) in [6.07, 6.45) is 3.03. The number of urea groups is 1. The van der Waals surface area contributed by atoms with E-state index in [0.717, 1.165) is 18.4 Å². The monoisotopic (exact) mass is 337 g/mol. The van der Waals surface area contributed by atoms with E-state index in [2.05, 4.69) is 4.72 Å². The van der Waals surface area contributed by atoms with Crippen molar-refractivity contribution in [3.05, 3.63) is 35.9 Å². The number of nitrogens with zero attached hydrogens (tertiary/aromatic N) is 2. The molecule has 0 atom stereocenters. The van der Waals surface area contributed by atoms with Crippen molar-refractivity contribution in [1.82, 2.24) is 14.5 Å². The van der Waals surface area contributed by atoms with E-state index in [0.29, 0.717) is 13.1 Å². The molecule has 23 heavy (non-hydrogen) atoms. The minimum atomic E-state index is -0.319. The van der Waals surface area contributed by atoms with Crippen LogP contribution >= 0.6 is 11.9 Å². The van der Waals surface area contributed by atoms with Crippen molar-refractivity contribution in [3.63, 3.8) is 0 Å². The van der Waals surface area contributed by atoms with E-state index in [1.54, 1.807) is 16.8 Å². The van der Waals surface area contributed by atoms with Crippen LogP contribution in [0.5, 0.6) is 0 Å². The molecule has 7 heteroatoms. The van der Waals surface area contributed by atoms with Crippen LogP contribution in [0.4, 0.5) is 9.59 Å². The minimum Gasteiger partial charge on any atom is -0.445 e. The maximum atomic E-state index is 12.1. The van der Waals surface area contributed by atoms with Crippen molar-refractivity contribution in [2.24, 2.45) is 0 Å². The molecule has 1 N–H and O–H groups in total. The van der Waals surface area contributed by atoms with Crippen LogP contribution in [0.3, 0.4) is 0 Å². The molecule has 1 aromatic rings. The predicted molar refractivity (Wildman–Crippen MR) is 91.0 cm³/mol. The van der Waals surface area contributed by atoms with Crippen molar-refractivity contribution in [1.29, 1.82) is 0 Å². The lowest BCUT2D eigenvalue weighted by molar-refractivity contribution is 0.0767. The molecule has 1 aromatic carbocycles. The number of likely N-dealkylation sites (tertiary alicyclic amines) is 1. The number of carbonyl (C=O) groups excluding carboxylic acids is 2. The standard InChI is InChI=1S/C16H23N3O3S/c1-18(16(21)22-12-13-6-4-3-5-7-13)14-8-10-19(11-9-14)15(20)17-23-2/h3-7,14H,8-12H2,1-2H3,(H,17,20). The average Bonchev–Trinajstić information content (AvgIpc) is 2.60. The zero-order valence-electron chi connectivity index (χ0n) is 13.5. The molecule has 6 nitrogen and oxygen atoms in total. The summed E-state index contributed by atoms with van der Waals surface area (Å²) in [5.74, 6) is 0. The van der Waals surface area contributed by atoms with Gasteiger partial charge in [-0.2, -0.15) is 0 Å². The van der Waals surface area contributed by atoms with E-state index in [1.165, 1.54) is 11.9 Å². The van der Waals surface area contributed by atoms with Crippen LogP contribution in [0.2, 0.25) is 0 Å². The van der Waals surface area contributed by atoms with Crippen LogP contribution in [-0.2, 0) is 11.3 Å². The van der Waals surface area contributed by atoms with Crippen LogP contribution in [0.25, 0.3) is 0 Å². The number of rotatable bonds is 4. The summed E-state index contributed by atoms with van der Waals surface area (Å²) < 4.78 is 8.07. The number of amides is 3. The van der Waals surface area contributed by atoms with Gasteiger partial charge in [-0.15, -0.1) is 0 Å². The first-order chi connectivity index (χ1) is 11.1. The molecular formula is C16H23N3O3S. The van der Waals surface area contributed by atoms with Gasteiger partial charge in [0.05, 0.1) is 0 Å². The lowest BCUT2D eigenvalue weighted by atomic mass is 10.0. The largest absolute Gasteiger partial charge is 0.445 e. The van der Waals surface area contributed by atoms with E-state index in [-0.39, 0.29) is 24.8 Å². The molecule has 1 fully saturated rings. The Morgan fingerprint density at radius 1 is 1.30 bits per heavy atom. The lowest BCUT2D eigenvalue weighted by Crippen LogP contribution is -2.49. The highest BCUT2D eigenvalue weighted by molar-refractivity contribution is 7.97. The third kappa shape index (κ3) is 5.06. The summed E-state index contributed by atoms with van der Waals surface area (Å²) in [5.41, 5.74) is 0.970. The molecule has 1 heterocycles. The average molecular weight is 337 g/mol. The van der Waals surface area contributed by atoms with E-state index >= 15 is 0 Å². The van der Waals surface area contributed by atoms with Crippen LogP contribution in [0.15, 0.2) is 30.3 Å². The number of benzene rings is 1. The fraction of sp³-hybridized carbons (Fsp3) is 0.500. The summed E-state index contributed by atoms with van der Waals surface area (Å²) >= 11 is 1.29. The van der Waals surface area contributed by atoms with Crippen LogP contribution in [0, 0.1) is 0 Å². The zero-order chi connectivity index (χ0) is 16.7. The van der Waals surface area contributed by atoms with Gasteiger partial charge in [0.1, 0.15) is 6.61 Å². The summed E-state index contributed by atoms with van der Waals surface area (Å²) in [7, 11) is 1.76. The number of carbonyl (C=O) groups is 2. The van der Waals surface area contributed by atoms with E-state index in [1.807, 2.05) is 36.6 Å². The highest BCUT2D eigenvalue weighted by Gasteiger charge is 2.28. The molecular weight excluding hydrogens is 314 g/mol. The van der Waals surface area contributed by atoms with Crippen molar-refractivity contribution < 1.29 is 14.3 Å². The molecule has 0 aromatic heterocycles. The highest BCUT2D eigenvalue weighted by atomic mass is 32.2. The Labute approximate surface area is 141 Å². The van der Waals surface area contributed by atoms with Crippen LogP contribution < -0.4 is 4.72 Å². The smallest absolute Gasteiger partial charge is 0.410 e. The third-order valence-corrected chi connectivity index (χ3v) is 4.36. The van der Waals surface area contributed by atoms with Crippen molar-refractivity contribution in [2.75, 3.05) is 26.4 Å². The molecule has 0 unspecified atom stereocenters. The number of piperidine rings is 1. The van der Waals surface area contributed by atoms with Gasteiger partial charge in [0.15, 0.2) is 0 Å². The highest BCUT2D eigenvalue weighted by Crippen LogP contribution is 2.17. The molecule has 1 aliphatic heterocycles. The summed E-state index contributed by atoms with van der Waals surface area (Å²) in [6, 6.07) is 9.66. The third-order valence-electron chi connectivity index (χ3n) is 3.98. The van der Waals surface area contributed by atoms with Gasteiger partial charge in [-0.3, -0.25) is 4.72 Å². The van der Waals surface area contributed by atoms with Gasteiger partial charge in [-0.1, -0.05) is 42.3 Å². The van der Waals surface area contributed by atoms with Gasteiger partial charge < -0.3 is 14.5 Å². The number of hydrogen-bond acceptors (Lipinski definition) is 4. The fourth-order valence-electron chi connectivity index (χ4n) is 2.58. The van der Waals surface area contributed by atoms with Crippen molar-refractivity contribution in [2.45, 2.75) is 25.5 Å². The minimum absolute atomic E-state index is 0.0646. The second-order valence-corrected chi connectivity index (χ2v) is 6.09. The molecule has 0 aliphatic carbocycles. The van der Waals surface area contributed by atoms with Crippen LogP contribution in [0.1, 0.15) is 18.4 Å². The number of nitrogens with one attached hydrogen (secondary N) is 1. The van der Waals surface area contributed by atoms with Gasteiger partial charge in [-0.25, -0.2) is 9.59 Å². The normalized spacial score (nSPS) is 15.1. The first-order valence-electron chi connectivity index (χ1n) is 7.63. The van der Waals surface area contributed by atoms with Gasteiger partial charge in [0, 0.05) is 32.4 Å². The van der Waals surface area contributed by atoms with E-state index in [9.17, 15) is 9.59 Å². The Kier molecular flexibility index (Phi) is 6.58. The molecule has 0 spiro atoms. The molecule has 2 rings (SSSR count). The molecule has 1 saturated heterocycles. The van der Waals surface area contributed by atoms with Gasteiger partial charge >= 0.3 is 12.1 Å². The van der Waals surface area contributed by atoms with Crippen molar-refractivity contribution in [3.8, 4) is 0 Å². The zero-order valence-corrected chi connectivity index (χ0v) is 14.3. The predicted octanol–water partition coefficient (Wildman–Crippen LogP) is 2.71. The molecule has 3 amide bonds. The first kappa shape index (κ1) is 17.5. The lowest BCUT2D eigenvalue weighted by Gasteiger charge is -2.36. The Morgan fingerprint density at radius 2 is 1.96 bits per heavy atom.